The Morgan fingerprint density at radius 2 is 0.230 bits per heavy atom. The van der Waals surface area contributed by atoms with Crippen LogP contribution in [0.1, 0.15) is 14.9 Å². The Morgan fingerprint density at radius 1 is 0.129 bits per heavy atom. The van der Waals surface area contributed by atoms with Gasteiger partial charge in [-0.2, -0.15) is 0 Å². The average molecular weight is 2040 g/mol. The smallest absolute Gasteiger partial charge is 0.110 e. The van der Waals surface area contributed by atoms with Crippen molar-refractivity contribution in [2.45, 2.75) is 259 Å². The molecule has 10 heterocycles. The Bertz CT molecular complexity index is 3230. The molecule has 0 saturated carbocycles. The topological polar surface area (TPSA) is 799 Å². The van der Waals surface area contributed by atoms with Gasteiger partial charge in [-0.25, -0.2) is 0 Å². The van der Waals surface area contributed by atoms with Gasteiger partial charge in [0.05, 0.1) is 320 Å². The van der Waals surface area contributed by atoms with Crippen molar-refractivity contribution < 1.29 is 257 Å². The van der Waals surface area contributed by atoms with Crippen molar-refractivity contribution in [2.24, 2.45) is 59.2 Å². The predicted molar refractivity (Wildman–Crippen MR) is 465 cm³/mol. The van der Waals surface area contributed by atoms with Crippen molar-refractivity contribution in [3.63, 3.8) is 0 Å². The molecule has 10 aliphatic rings. The van der Waals surface area contributed by atoms with Gasteiger partial charge in [0.1, 0.15) is 122 Å². The zero-order chi connectivity index (χ0) is 100. The lowest BCUT2D eigenvalue weighted by molar-refractivity contribution is -0.257. The summed E-state index contributed by atoms with van der Waals surface area (Å²) in [6, 6.07) is 0. The van der Waals surface area contributed by atoms with E-state index in [9.17, 15) is 148 Å². The van der Waals surface area contributed by atoms with E-state index in [1.165, 1.54) is 35.5 Å². The highest BCUT2D eigenvalue weighted by Gasteiger charge is 2.56. The lowest BCUT2D eigenvalue weighted by Crippen LogP contribution is -2.60. The minimum Gasteiger partial charge on any atom is -0.394 e. The summed E-state index contributed by atoms with van der Waals surface area (Å²) in [4.78, 5) is 0. The van der Waals surface area contributed by atoms with Gasteiger partial charge in [-0.05, 0) is 0 Å². The summed E-state index contributed by atoms with van der Waals surface area (Å²) in [5, 5.41) is 308. The number of rotatable bonds is 51. The van der Waals surface area contributed by atoms with Gasteiger partial charge in [-0.15, -0.1) is 0 Å². The van der Waals surface area contributed by atoms with Gasteiger partial charge in [0.25, 0.3) is 0 Å². The quantitative estimate of drug-likeness (QED) is 0.0269. The summed E-state index contributed by atoms with van der Waals surface area (Å²) < 4.78 is 130. The summed E-state index contributed by atoms with van der Waals surface area (Å²) in [5.74, 6) is -8.98. The summed E-state index contributed by atoms with van der Waals surface area (Å²) >= 11 is 0. The molecule has 0 radical (unpaired) electrons. The summed E-state index contributed by atoms with van der Waals surface area (Å²) in [6.45, 7) is -10.1. The number of aliphatic hydroxyl groups is 29. The van der Waals surface area contributed by atoms with E-state index in [-0.39, 0.29) is 134 Å². The van der Waals surface area contributed by atoms with E-state index in [0.717, 1.165) is 0 Å². The first kappa shape index (κ1) is 124. The van der Waals surface area contributed by atoms with Crippen molar-refractivity contribution in [1.82, 2.24) is 0 Å². The lowest BCUT2D eigenvalue weighted by atomic mass is 9.86. The molecule has 29 N–H and O–H groups in total. The van der Waals surface area contributed by atoms with Crippen LogP contribution in [0.15, 0.2) is 0 Å². The zero-order valence-corrected chi connectivity index (χ0v) is 77.4. The highest BCUT2D eigenvalue weighted by molar-refractivity contribution is 5.02. The molecule has 0 aromatic rings. The van der Waals surface area contributed by atoms with E-state index in [1.807, 2.05) is 0 Å². The summed E-state index contributed by atoms with van der Waals surface area (Å²) in [7, 11) is 6.98. The van der Waals surface area contributed by atoms with Crippen molar-refractivity contribution in [1.29, 1.82) is 0 Å². The fourth-order valence-electron chi connectivity index (χ4n) is 19.6. The molecule has 10 aliphatic heterocycles. The Labute approximate surface area is 806 Å². The van der Waals surface area contributed by atoms with Gasteiger partial charge in [0.2, 0.25) is 0 Å². The van der Waals surface area contributed by atoms with Crippen LogP contribution in [0.25, 0.3) is 0 Å². The first-order valence-corrected chi connectivity index (χ1v) is 46.4. The van der Waals surface area contributed by atoms with Crippen LogP contribution >= 0.6 is 0 Å². The first-order chi connectivity index (χ1) is 65.7. The highest BCUT2D eigenvalue weighted by Crippen LogP contribution is 2.39. The third-order valence-corrected chi connectivity index (χ3v) is 28.0. The van der Waals surface area contributed by atoms with Gasteiger partial charge < -0.3 is 257 Å². The minimum absolute atomic E-state index is 0. The van der Waals surface area contributed by atoms with Crippen LogP contribution in [0.5, 0.6) is 0 Å². The maximum atomic E-state index is 11.7. The van der Waals surface area contributed by atoms with Gasteiger partial charge in [-0.1, -0.05) is 14.9 Å². The van der Waals surface area contributed by atoms with E-state index in [2.05, 4.69) is 0 Å². The van der Waals surface area contributed by atoms with Crippen LogP contribution in [0, 0.1) is 59.2 Å². The van der Waals surface area contributed by atoms with Crippen molar-refractivity contribution in [3.8, 4) is 0 Å². The van der Waals surface area contributed by atoms with Gasteiger partial charge in [-0.3, -0.25) is 0 Å². The number of hydrogen-bond donors (Lipinski definition) is 29. The molecule has 0 aromatic heterocycles. The maximum absolute atomic E-state index is 11.7. The molecular weight excluding hydrogens is 1880 g/mol. The van der Waals surface area contributed by atoms with Crippen molar-refractivity contribution in [3.05, 3.63) is 0 Å². The average Bonchev–Trinajstić information content (AvgIpc) is 0.798. The molecule has 139 heavy (non-hydrogen) atoms. The summed E-state index contributed by atoms with van der Waals surface area (Å²) in [5.41, 5.74) is 0. The second-order valence-electron chi connectivity index (χ2n) is 36.8. The molecule has 0 amide bonds. The first-order valence-electron chi connectivity index (χ1n) is 46.4. The molecule has 50 unspecified atom stereocenters. The van der Waals surface area contributed by atoms with Crippen molar-refractivity contribution >= 4 is 0 Å². The number of ether oxygens (including phenoxy) is 23. The normalized spacial score (nSPS) is 45.0. The van der Waals surface area contributed by atoms with E-state index >= 15 is 0 Å². The van der Waals surface area contributed by atoms with Crippen LogP contribution in [0.2, 0.25) is 0 Å². The van der Waals surface area contributed by atoms with Crippen LogP contribution < -0.4 is 0 Å². The molecule has 10 fully saturated rings. The molecule has 0 bridgehead atoms. The lowest BCUT2D eigenvalue weighted by Gasteiger charge is -2.45. The molecule has 822 valence electrons. The van der Waals surface area contributed by atoms with E-state index < -0.39 is 383 Å². The predicted octanol–water partition coefficient (Wildman–Crippen LogP) is -16.4. The molecule has 50 atom stereocenters. The number of hydrogen-bond acceptors (Lipinski definition) is 52. The zero-order valence-electron chi connectivity index (χ0n) is 77.4. The Kier molecular flexibility index (Phi) is 54.6. The molecule has 10 saturated heterocycles. The maximum Gasteiger partial charge on any atom is 0.110 e. The van der Waals surface area contributed by atoms with Crippen molar-refractivity contribution in [2.75, 3.05) is 234 Å². The SMILES string of the molecule is C.C.COCC1OC(CO)C(COCC2OC(CO)C(COCC3OC(CO)C(COCC4OC(CO)C(COC)C(O)C4O)C(O)C3O)C(O)C2O)C(O)C1O.COCC1OC(CO)C(COCC2OC(CO)C(COCC3OC(COCC4OC(CO)C(COCC5OC(CO)C(COC)C(O)C5O)C(O)C4O)C(COCC4OC(CO)C(COC)C(O)C4O)C(O)C3O)C(O)C2O)C(O)C1O. The molecular formula is C87H162O52. The third-order valence-electron chi connectivity index (χ3n) is 28.0. The Morgan fingerprint density at radius 3 is 0.360 bits per heavy atom. The molecule has 0 aliphatic carbocycles. The molecule has 10 rings (SSSR count). The second kappa shape index (κ2) is 61.3. The number of aliphatic hydroxyl groups excluding tert-OH is 29. The van der Waals surface area contributed by atoms with Crippen LogP contribution in [-0.4, -0.2) is 626 Å². The van der Waals surface area contributed by atoms with Crippen LogP contribution in [0.4, 0.5) is 0 Å². The molecule has 52 nitrogen and oxygen atoms in total. The van der Waals surface area contributed by atoms with E-state index in [0.29, 0.717) is 0 Å². The molecule has 52 heteroatoms. The summed E-state index contributed by atoms with van der Waals surface area (Å²) in [6.07, 6.45) is -50.1. The fraction of sp³-hybridized carbons (Fsp3) is 1.00. The van der Waals surface area contributed by atoms with Crippen LogP contribution in [0.3, 0.4) is 0 Å². The fourth-order valence-corrected chi connectivity index (χ4v) is 19.6. The van der Waals surface area contributed by atoms with Gasteiger partial charge in [0.15, 0.2) is 0 Å². The second-order valence-corrected chi connectivity index (χ2v) is 36.8. The third kappa shape index (κ3) is 31.3. The molecule has 0 spiro atoms. The Hall–Kier alpha value is -2.08. The van der Waals surface area contributed by atoms with Gasteiger partial charge in [0, 0.05) is 94.7 Å². The van der Waals surface area contributed by atoms with E-state index in [4.69, 9.17) is 109 Å². The largest absolute Gasteiger partial charge is 0.394 e. The van der Waals surface area contributed by atoms with E-state index in [1.54, 1.807) is 0 Å². The highest BCUT2D eigenvalue weighted by atomic mass is 16.6. The van der Waals surface area contributed by atoms with Gasteiger partial charge >= 0.3 is 0 Å². The molecule has 0 aromatic carbocycles. The minimum atomic E-state index is -1.67. The Balaban J connectivity index is 0.000000402. The standard InChI is InChI=1S/C51H92O31.C34H62O21.2CH4/c1-69-9-22-28(4-52)78-35(47(64)40(22)57)17-73-12-25-32(8-56)81-38(50(67)44(25)61)21-76-16-33-27(14-75-19-36-48(65)41(58)23(10-70-2)29(5-53)79-36)45(62)51(68)39(82-33)20-74-13-26-31(7-55)80-37(49(66)43(26)60)18-72-11-24-30(6-54)77-34(15-71-3)46(63)42(24)59;1-47-7-15-19(3-35)53-24(32(44)27(15)39)12-50-9-17-21(5-37)55-26(34(46)29(17)41)14-51-10-18-22(6-38)54-25(33(45)30(18)42)13-49-8-16-20(4-36)52-23(11-48-2)31(43)28(16)40;;/h22-68H,4-21H2,1-3H3;15-46H,3-14H2,1-2H3;2*1H4. The monoisotopic (exact) mass is 2040 g/mol. The van der Waals surface area contributed by atoms with Crippen LogP contribution in [-0.2, 0) is 109 Å². The number of methoxy groups -OCH3 is 5.